The molecule has 14 heavy (non-hydrogen) atoms. The fraction of sp³-hybridized carbons (Fsp3) is 0.125. The Morgan fingerprint density at radius 3 is 2.36 bits per heavy atom. The number of alkyl halides is 3. The van der Waals surface area contributed by atoms with Gasteiger partial charge in [-0.2, -0.15) is 13.2 Å². The Morgan fingerprint density at radius 1 is 1.36 bits per heavy atom. The number of primary amides is 1. The van der Waals surface area contributed by atoms with Crippen molar-refractivity contribution in [1.29, 1.82) is 0 Å². The van der Waals surface area contributed by atoms with Crippen molar-refractivity contribution in [3.05, 3.63) is 32.9 Å². The molecule has 0 aliphatic rings. The van der Waals surface area contributed by atoms with Crippen molar-refractivity contribution in [2.45, 2.75) is 6.18 Å². The molecule has 0 aromatic heterocycles. The van der Waals surface area contributed by atoms with Crippen LogP contribution >= 0.6 is 22.6 Å². The zero-order valence-electron chi connectivity index (χ0n) is 6.73. The van der Waals surface area contributed by atoms with Gasteiger partial charge >= 0.3 is 6.18 Å². The van der Waals surface area contributed by atoms with Crippen molar-refractivity contribution in [2.24, 2.45) is 5.73 Å². The van der Waals surface area contributed by atoms with Gasteiger partial charge < -0.3 is 5.73 Å². The van der Waals surface area contributed by atoms with Gasteiger partial charge in [-0.25, -0.2) is 0 Å². The zero-order chi connectivity index (χ0) is 10.9. The van der Waals surface area contributed by atoms with Crippen LogP contribution in [0.15, 0.2) is 18.2 Å². The van der Waals surface area contributed by atoms with Crippen LogP contribution in [0, 0.1) is 3.57 Å². The first-order valence-electron chi connectivity index (χ1n) is 3.49. The molecule has 2 nitrogen and oxygen atoms in total. The molecule has 76 valence electrons. The lowest BCUT2D eigenvalue weighted by Crippen LogP contribution is -2.16. The quantitative estimate of drug-likeness (QED) is 0.795. The summed E-state index contributed by atoms with van der Waals surface area (Å²) in [6.07, 6.45) is -4.46. The van der Waals surface area contributed by atoms with Crippen molar-refractivity contribution < 1.29 is 18.0 Å². The maximum absolute atomic E-state index is 12.3. The highest BCUT2D eigenvalue weighted by Crippen LogP contribution is 2.33. The summed E-state index contributed by atoms with van der Waals surface area (Å²) in [6.45, 7) is 0. The lowest BCUT2D eigenvalue weighted by Gasteiger charge is -2.10. The summed E-state index contributed by atoms with van der Waals surface area (Å²) >= 11 is 1.46. The van der Waals surface area contributed by atoms with Crippen LogP contribution in [0.5, 0.6) is 0 Å². The Kier molecular flexibility index (Phi) is 3.03. The van der Waals surface area contributed by atoms with Crippen molar-refractivity contribution in [3.8, 4) is 0 Å². The molecule has 1 amide bonds. The van der Waals surface area contributed by atoms with Crippen LogP contribution < -0.4 is 5.73 Å². The Hall–Kier alpha value is -0.790. The van der Waals surface area contributed by atoms with Gasteiger partial charge in [0.05, 0.1) is 11.1 Å². The number of hydrogen-bond donors (Lipinski definition) is 1. The molecular weight excluding hydrogens is 310 g/mol. The van der Waals surface area contributed by atoms with E-state index in [1.54, 1.807) is 0 Å². The molecule has 1 aromatic carbocycles. The second-order valence-electron chi connectivity index (χ2n) is 2.53. The number of halogens is 4. The molecule has 0 atom stereocenters. The fourth-order valence-corrected chi connectivity index (χ4v) is 1.87. The van der Waals surface area contributed by atoms with E-state index in [2.05, 4.69) is 0 Å². The van der Waals surface area contributed by atoms with Crippen LogP contribution in [-0.2, 0) is 6.18 Å². The topological polar surface area (TPSA) is 43.1 Å². The van der Waals surface area contributed by atoms with Gasteiger partial charge in [0.2, 0.25) is 5.91 Å². The fourth-order valence-electron chi connectivity index (χ4n) is 0.941. The van der Waals surface area contributed by atoms with E-state index in [-0.39, 0.29) is 9.13 Å². The summed E-state index contributed by atoms with van der Waals surface area (Å²) in [6, 6.07) is 3.33. The normalized spacial score (nSPS) is 11.4. The van der Waals surface area contributed by atoms with E-state index in [9.17, 15) is 18.0 Å². The van der Waals surface area contributed by atoms with Crippen LogP contribution in [0.2, 0.25) is 0 Å². The first-order valence-corrected chi connectivity index (χ1v) is 4.57. The minimum Gasteiger partial charge on any atom is -0.366 e. The smallest absolute Gasteiger partial charge is 0.366 e. The number of amides is 1. The minimum atomic E-state index is -4.46. The number of rotatable bonds is 1. The number of carbonyl (C=O) groups is 1. The van der Waals surface area contributed by atoms with Crippen LogP contribution in [-0.4, -0.2) is 5.91 Å². The van der Waals surface area contributed by atoms with E-state index >= 15 is 0 Å². The van der Waals surface area contributed by atoms with E-state index in [1.807, 2.05) is 0 Å². The SMILES string of the molecule is NC(=O)c1cccc(C(F)(F)F)c1I. The zero-order valence-corrected chi connectivity index (χ0v) is 8.89. The molecule has 0 radical (unpaired) electrons. The molecule has 0 bridgehead atoms. The van der Waals surface area contributed by atoms with Crippen molar-refractivity contribution in [3.63, 3.8) is 0 Å². The van der Waals surface area contributed by atoms with E-state index in [0.29, 0.717) is 0 Å². The second-order valence-corrected chi connectivity index (χ2v) is 3.61. The van der Waals surface area contributed by atoms with E-state index < -0.39 is 17.6 Å². The maximum Gasteiger partial charge on any atom is 0.417 e. The molecule has 0 saturated heterocycles. The molecule has 0 aliphatic carbocycles. The average Bonchev–Trinajstić information content (AvgIpc) is 2.01. The second kappa shape index (κ2) is 3.76. The number of hydrogen-bond acceptors (Lipinski definition) is 1. The lowest BCUT2D eigenvalue weighted by molar-refractivity contribution is -0.138. The molecule has 0 saturated carbocycles. The van der Waals surface area contributed by atoms with Gasteiger partial charge in [0.1, 0.15) is 0 Å². The van der Waals surface area contributed by atoms with Crippen LogP contribution in [0.25, 0.3) is 0 Å². The monoisotopic (exact) mass is 315 g/mol. The molecule has 0 aliphatic heterocycles. The predicted octanol–water partition coefficient (Wildman–Crippen LogP) is 2.41. The Morgan fingerprint density at radius 2 is 1.93 bits per heavy atom. The third-order valence-corrected chi connectivity index (χ3v) is 2.73. The highest BCUT2D eigenvalue weighted by atomic mass is 127. The van der Waals surface area contributed by atoms with Gasteiger partial charge in [-0.3, -0.25) is 4.79 Å². The lowest BCUT2D eigenvalue weighted by atomic mass is 10.1. The van der Waals surface area contributed by atoms with Crippen molar-refractivity contribution in [1.82, 2.24) is 0 Å². The third-order valence-electron chi connectivity index (χ3n) is 1.57. The summed E-state index contributed by atoms with van der Waals surface area (Å²) < 4.78 is 36.8. The Labute approximate surface area is 91.4 Å². The Balaban J connectivity index is 3.35. The standard InChI is InChI=1S/C8H5F3INO/c9-8(10,11)5-3-1-2-4(6(5)12)7(13)14/h1-3H,(H2,13,14). The molecule has 2 N–H and O–H groups in total. The van der Waals surface area contributed by atoms with Crippen LogP contribution in [0.1, 0.15) is 15.9 Å². The summed E-state index contributed by atoms with van der Waals surface area (Å²) in [4.78, 5) is 10.8. The summed E-state index contributed by atoms with van der Waals surface area (Å²) in [5, 5.41) is 0. The molecule has 6 heteroatoms. The van der Waals surface area contributed by atoms with Crippen molar-refractivity contribution >= 4 is 28.5 Å². The molecular formula is C8H5F3INO. The minimum absolute atomic E-state index is 0.111. The largest absolute Gasteiger partial charge is 0.417 e. The van der Waals surface area contributed by atoms with E-state index in [0.717, 1.165) is 12.1 Å². The summed E-state index contributed by atoms with van der Waals surface area (Å²) in [7, 11) is 0. The molecule has 1 aromatic rings. The molecule has 0 spiro atoms. The Bertz CT molecular complexity index is 375. The van der Waals surface area contributed by atoms with Gasteiger partial charge in [-0.05, 0) is 34.7 Å². The first kappa shape index (κ1) is 11.3. The van der Waals surface area contributed by atoms with E-state index in [1.165, 1.54) is 28.7 Å². The highest BCUT2D eigenvalue weighted by molar-refractivity contribution is 14.1. The summed E-state index contributed by atoms with van der Waals surface area (Å²) in [5.41, 5.74) is 3.97. The van der Waals surface area contributed by atoms with Crippen molar-refractivity contribution in [2.75, 3.05) is 0 Å². The van der Waals surface area contributed by atoms with Gasteiger partial charge in [0, 0.05) is 3.57 Å². The molecule has 0 fully saturated rings. The van der Waals surface area contributed by atoms with Gasteiger partial charge in [-0.1, -0.05) is 6.07 Å². The first-order chi connectivity index (χ1) is 6.34. The average molecular weight is 315 g/mol. The maximum atomic E-state index is 12.3. The summed E-state index contributed by atoms with van der Waals surface area (Å²) in [5.74, 6) is -0.861. The number of nitrogens with two attached hydrogens (primary N) is 1. The third kappa shape index (κ3) is 2.17. The number of benzene rings is 1. The molecule has 0 heterocycles. The van der Waals surface area contributed by atoms with Gasteiger partial charge in [-0.15, -0.1) is 0 Å². The van der Waals surface area contributed by atoms with Crippen LogP contribution in [0.3, 0.4) is 0 Å². The van der Waals surface area contributed by atoms with E-state index in [4.69, 9.17) is 5.73 Å². The molecule has 0 unspecified atom stereocenters. The van der Waals surface area contributed by atoms with Gasteiger partial charge in [0.25, 0.3) is 0 Å². The van der Waals surface area contributed by atoms with Crippen LogP contribution in [0.4, 0.5) is 13.2 Å². The van der Waals surface area contributed by atoms with Gasteiger partial charge in [0.15, 0.2) is 0 Å². The molecule has 1 rings (SSSR count). The predicted molar refractivity (Wildman–Crippen MR) is 52.7 cm³/mol. The number of carbonyl (C=O) groups excluding carboxylic acids is 1. The highest BCUT2D eigenvalue weighted by Gasteiger charge is 2.33.